The van der Waals surface area contributed by atoms with Crippen LogP contribution in [0.3, 0.4) is 0 Å². The van der Waals surface area contributed by atoms with Gasteiger partial charge in [0, 0.05) is 49.7 Å². The molecule has 0 fully saturated rings. The zero-order valence-corrected chi connectivity index (χ0v) is 31.3. The Morgan fingerprint density at radius 1 is 0.909 bits per heavy atom. The van der Waals surface area contributed by atoms with Gasteiger partial charge in [0.2, 0.25) is 0 Å². The molecule has 2 heterocycles. The summed E-state index contributed by atoms with van der Waals surface area (Å²) in [5.41, 5.74) is 5.58. The Hall–Kier alpha value is -5.55. The lowest BCUT2D eigenvalue weighted by molar-refractivity contribution is -0.125. The van der Waals surface area contributed by atoms with Crippen molar-refractivity contribution in [3.63, 3.8) is 0 Å². The molecule has 0 amide bonds. The third-order valence-corrected chi connectivity index (χ3v) is 10.2. The number of fused-ring (bicyclic) bond motifs is 1. The van der Waals surface area contributed by atoms with Gasteiger partial charge >= 0.3 is 0 Å². The van der Waals surface area contributed by atoms with Gasteiger partial charge in [-0.15, -0.1) is 4.99 Å². The van der Waals surface area contributed by atoms with Crippen molar-refractivity contribution < 1.29 is 34.7 Å². The van der Waals surface area contributed by atoms with Gasteiger partial charge in [-0.05, 0) is 89.4 Å². The number of phenols is 2. The van der Waals surface area contributed by atoms with E-state index in [0.29, 0.717) is 44.4 Å². The fourth-order valence-electron chi connectivity index (χ4n) is 7.37. The molecule has 1 aliphatic rings. The number of ether oxygens (including phenoxy) is 2. The van der Waals surface area contributed by atoms with Crippen LogP contribution in [0.25, 0.3) is 10.8 Å². The topological polar surface area (TPSA) is 157 Å². The number of aliphatic hydroxyl groups excluding tert-OH is 2. The summed E-state index contributed by atoms with van der Waals surface area (Å²) in [5.74, 6) is -0.219. The number of phenolic OH excluding ortho intramolecular Hbond substituents is 2. The van der Waals surface area contributed by atoms with E-state index in [1.807, 2.05) is 48.8 Å². The Kier molecular flexibility index (Phi) is 13.3. The Morgan fingerprint density at radius 2 is 1.73 bits per heavy atom. The maximum atomic E-state index is 14.3. The van der Waals surface area contributed by atoms with E-state index in [1.165, 1.54) is 0 Å². The molecule has 4 atom stereocenters. The second-order valence-electron chi connectivity index (χ2n) is 14.4. The highest BCUT2D eigenvalue weighted by Crippen LogP contribution is 2.38. The molecule has 4 aromatic carbocycles. The van der Waals surface area contributed by atoms with E-state index in [9.17, 15) is 25.2 Å². The van der Waals surface area contributed by atoms with E-state index < -0.39 is 18.1 Å². The number of ketones is 1. The molecule has 286 valence electrons. The quantitative estimate of drug-likeness (QED) is 0.0295. The normalized spacial score (nSPS) is 14.6. The predicted octanol–water partition coefficient (Wildman–Crippen LogP) is 6.63. The van der Waals surface area contributed by atoms with E-state index in [4.69, 9.17) is 9.47 Å². The van der Waals surface area contributed by atoms with Crippen LogP contribution in [0.4, 0.5) is 0 Å². The molecular weight excluding hydrogens is 695 g/mol. The number of benzene rings is 4. The molecule has 0 bridgehead atoms. The monoisotopic (exact) mass is 744 g/mol. The van der Waals surface area contributed by atoms with Crippen LogP contribution < -0.4 is 14.8 Å². The van der Waals surface area contributed by atoms with Crippen LogP contribution in [0.5, 0.6) is 23.0 Å². The van der Waals surface area contributed by atoms with Gasteiger partial charge in [0.1, 0.15) is 24.6 Å². The van der Waals surface area contributed by atoms with Gasteiger partial charge in [-0.1, -0.05) is 54.6 Å². The van der Waals surface area contributed by atoms with Crippen LogP contribution in [-0.2, 0) is 30.5 Å². The van der Waals surface area contributed by atoms with Crippen molar-refractivity contribution in [1.82, 2.24) is 10.3 Å². The first kappa shape index (κ1) is 39.2. The van der Waals surface area contributed by atoms with Crippen LogP contribution in [0.15, 0.2) is 108 Å². The molecule has 55 heavy (non-hydrogen) atoms. The number of nitrogens with zero attached hydrogens (tertiary/aromatic N) is 1. The Labute approximate surface area is 322 Å². The predicted molar refractivity (Wildman–Crippen MR) is 215 cm³/mol. The Bertz CT molecular complexity index is 2100. The minimum Gasteiger partial charge on any atom is -0.504 e. The van der Waals surface area contributed by atoms with E-state index in [2.05, 4.69) is 39.6 Å². The molecule has 4 unspecified atom stereocenters. The molecule has 0 aliphatic carbocycles. The lowest BCUT2D eigenvalue weighted by Gasteiger charge is -2.26. The molecule has 5 aromatic rings. The standard InChI is InChI=1S/C45H49N3O7/c1-29(49)25-48-28-55-44-21-30(10-12-40(44)50)18-36(19-31-14-16-46-26-31)42(52)24-43(53)37(20-32-15-17-47-27-32)22-35-11-13-41(51)45(54-2)39(35)23-34-8-5-7-33-6-3-4-9-38(33)34/h3-17,21,26-27,29,36-37,43,47-49,53H,18-20,22-25,28H2,1-2H3,(H-,50,51)/p+1. The zero-order valence-electron chi connectivity index (χ0n) is 31.3. The highest BCUT2D eigenvalue weighted by atomic mass is 16.5. The maximum absolute atomic E-state index is 14.3. The molecule has 0 saturated carbocycles. The smallest absolute Gasteiger partial charge is 0.176 e. The minimum absolute atomic E-state index is 0.0283. The van der Waals surface area contributed by atoms with Crippen molar-refractivity contribution in [3.8, 4) is 23.0 Å². The summed E-state index contributed by atoms with van der Waals surface area (Å²) in [5, 5.41) is 48.1. The summed E-state index contributed by atoms with van der Waals surface area (Å²) in [6.07, 6.45) is 8.08. The van der Waals surface area contributed by atoms with Gasteiger partial charge in [0.15, 0.2) is 29.2 Å². The molecule has 6 rings (SSSR count). The third-order valence-electron chi connectivity index (χ3n) is 10.2. The number of allylic oxidation sites excluding steroid dienone is 1. The van der Waals surface area contributed by atoms with Crippen LogP contribution in [-0.4, -0.2) is 70.0 Å². The average Bonchev–Trinajstić information content (AvgIpc) is 3.90. The number of hydrogen-bond donors (Lipinski definition) is 6. The first-order valence-corrected chi connectivity index (χ1v) is 18.7. The Morgan fingerprint density at radius 3 is 2.49 bits per heavy atom. The summed E-state index contributed by atoms with van der Waals surface area (Å²) in [7, 11) is 1.55. The van der Waals surface area contributed by atoms with Crippen molar-refractivity contribution >= 4 is 22.8 Å². The van der Waals surface area contributed by atoms with Crippen molar-refractivity contribution in [3.05, 3.63) is 137 Å². The average molecular weight is 745 g/mol. The number of aromatic nitrogens is 1. The number of Topliss-reactive ketones (excluding diaryl/α,β-unsaturated/α-hetero) is 1. The number of rotatable bonds is 20. The number of methoxy groups -OCH3 is 1. The van der Waals surface area contributed by atoms with Crippen LogP contribution in [0, 0.1) is 18.4 Å². The fraction of sp³-hybridized carbons (Fsp3) is 0.311. The SMILES string of the molecule is COc1c(O)ccc(CC(Cc2cc[nH]c2)C(O)CC(=O)C(CC2=C[CH+]N=C2)Cc2ccc(O)c(OCNCC(C)O)c2)c1Cc1cccc2ccccc12. The van der Waals surface area contributed by atoms with Crippen molar-refractivity contribution in [2.45, 2.75) is 57.7 Å². The first-order chi connectivity index (χ1) is 26.7. The first-order valence-electron chi connectivity index (χ1n) is 18.7. The van der Waals surface area contributed by atoms with Gasteiger partial charge in [0.05, 0.1) is 25.4 Å². The number of nitrogens with one attached hydrogen (secondary N) is 2. The van der Waals surface area contributed by atoms with Gasteiger partial charge in [-0.3, -0.25) is 10.1 Å². The van der Waals surface area contributed by atoms with E-state index >= 15 is 0 Å². The summed E-state index contributed by atoms with van der Waals surface area (Å²) in [4.78, 5) is 21.6. The molecule has 1 aromatic heterocycles. The van der Waals surface area contributed by atoms with Crippen LogP contribution in [0.2, 0.25) is 0 Å². The number of aromatic hydroxyl groups is 2. The van der Waals surface area contributed by atoms with Crippen molar-refractivity contribution in [1.29, 1.82) is 0 Å². The second kappa shape index (κ2) is 18.7. The van der Waals surface area contributed by atoms with E-state index in [1.54, 1.807) is 51.1 Å². The summed E-state index contributed by atoms with van der Waals surface area (Å²) in [6.45, 7) is 3.80. The number of aliphatic imine (C=N–C) groups is 1. The van der Waals surface area contributed by atoms with Gasteiger partial charge in [-0.2, -0.15) is 0 Å². The summed E-state index contributed by atoms with van der Waals surface area (Å²) < 4.78 is 11.5. The minimum atomic E-state index is -0.980. The lowest BCUT2D eigenvalue weighted by atomic mass is 9.81. The Balaban J connectivity index is 1.25. The van der Waals surface area contributed by atoms with Crippen molar-refractivity contribution in [2.75, 3.05) is 20.4 Å². The number of H-pyrrole nitrogens is 1. The lowest BCUT2D eigenvalue weighted by Crippen LogP contribution is -2.31. The number of aliphatic hydroxyl groups is 2. The molecule has 1 aliphatic heterocycles. The van der Waals surface area contributed by atoms with Crippen LogP contribution >= 0.6 is 0 Å². The number of hydrogen-bond acceptors (Lipinski definition) is 9. The molecule has 10 heteroatoms. The molecule has 10 nitrogen and oxygen atoms in total. The maximum Gasteiger partial charge on any atom is 0.176 e. The summed E-state index contributed by atoms with van der Waals surface area (Å²) in [6, 6.07) is 24.9. The largest absolute Gasteiger partial charge is 0.504 e. The third kappa shape index (κ3) is 10.4. The highest BCUT2D eigenvalue weighted by molar-refractivity contribution is 5.87. The van der Waals surface area contributed by atoms with Gasteiger partial charge < -0.3 is 34.9 Å². The molecule has 0 radical (unpaired) electrons. The van der Waals surface area contributed by atoms with Crippen molar-refractivity contribution in [2.24, 2.45) is 16.8 Å². The molecular formula is C45H50N3O7+. The number of carbonyl (C=O) groups is 1. The molecule has 6 N–H and O–H groups in total. The zero-order chi connectivity index (χ0) is 38.7. The number of aromatic amines is 1. The fourth-order valence-corrected chi connectivity index (χ4v) is 7.37. The molecule has 0 spiro atoms. The molecule has 0 saturated heterocycles. The highest BCUT2D eigenvalue weighted by Gasteiger charge is 2.31. The van der Waals surface area contributed by atoms with E-state index in [-0.39, 0.29) is 42.1 Å². The van der Waals surface area contributed by atoms with Gasteiger partial charge in [0.25, 0.3) is 0 Å². The summed E-state index contributed by atoms with van der Waals surface area (Å²) >= 11 is 0. The van der Waals surface area contributed by atoms with E-state index in [0.717, 1.165) is 44.2 Å². The van der Waals surface area contributed by atoms with Gasteiger partial charge in [-0.25, -0.2) is 0 Å². The number of carbonyl (C=O) groups excluding carboxylic acids is 1. The second-order valence-corrected chi connectivity index (χ2v) is 14.4. The van der Waals surface area contributed by atoms with Crippen LogP contribution in [0.1, 0.15) is 47.6 Å².